The molecule has 0 radical (unpaired) electrons. The van der Waals surface area contributed by atoms with Crippen LogP contribution in [0.15, 0.2) is 0 Å². The van der Waals surface area contributed by atoms with Gasteiger partial charge in [0.15, 0.2) is 0 Å². The molecule has 0 fully saturated rings. The summed E-state index contributed by atoms with van der Waals surface area (Å²) in [4.78, 5) is 11.5. The number of nitrogens with one attached hydrogen (secondary N) is 1. The van der Waals surface area contributed by atoms with Gasteiger partial charge in [0.25, 0.3) is 0 Å². The summed E-state index contributed by atoms with van der Waals surface area (Å²) >= 11 is 0. The second kappa shape index (κ2) is 7.34. The number of hydrogen-bond acceptors (Lipinski definition) is 3. The second-order valence-corrected chi connectivity index (χ2v) is 3.32. The van der Waals surface area contributed by atoms with E-state index in [0.29, 0.717) is 13.0 Å². The van der Waals surface area contributed by atoms with Gasteiger partial charge in [0.05, 0.1) is 12.5 Å². The molecular weight excluding hydrogens is 178 g/mol. The van der Waals surface area contributed by atoms with Crippen LogP contribution in [0.1, 0.15) is 33.1 Å². The van der Waals surface area contributed by atoms with Gasteiger partial charge in [-0.1, -0.05) is 13.8 Å². The highest BCUT2D eigenvalue weighted by Crippen LogP contribution is 2.03. The minimum Gasteiger partial charge on any atom is -0.352 e. The van der Waals surface area contributed by atoms with Gasteiger partial charge in [-0.25, -0.2) is 0 Å². The lowest BCUT2D eigenvalue weighted by Crippen LogP contribution is -2.40. The molecule has 0 aliphatic rings. The van der Waals surface area contributed by atoms with Crippen LogP contribution in [0.2, 0.25) is 0 Å². The number of nitrogens with two attached hydrogens (primary N) is 1. The number of carbonyl (C=O) groups excluding carboxylic acids is 1. The quantitative estimate of drug-likeness (QED) is 0.660. The third kappa shape index (κ3) is 4.24. The summed E-state index contributed by atoms with van der Waals surface area (Å²) < 4.78 is 0. The Labute approximate surface area is 85.5 Å². The van der Waals surface area contributed by atoms with Crippen molar-refractivity contribution in [2.75, 3.05) is 6.54 Å². The number of nitriles is 1. The molecule has 0 aromatic rings. The molecule has 3 N–H and O–H groups in total. The Morgan fingerprint density at radius 3 is 2.50 bits per heavy atom. The van der Waals surface area contributed by atoms with Crippen LogP contribution in [0, 0.1) is 17.2 Å². The van der Waals surface area contributed by atoms with E-state index < -0.39 is 0 Å². The number of amides is 1. The lowest BCUT2D eigenvalue weighted by Gasteiger charge is -2.18. The van der Waals surface area contributed by atoms with E-state index in [1.165, 1.54) is 0 Å². The first-order chi connectivity index (χ1) is 6.69. The number of hydrogen-bond donors (Lipinski definition) is 2. The van der Waals surface area contributed by atoms with E-state index >= 15 is 0 Å². The van der Waals surface area contributed by atoms with E-state index in [-0.39, 0.29) is 17.9 Å². The van der Waals surface area contributed by atoms with Gasteiger partial charge < -0.3 is 11.1 Å². The zero-order chi connectivity index (χ0) is 11.0. The van der Waals surface area contributed by atoms with Crippen LogP contribution < -0.4 is 11.1 Å². The van der Waals surface area contributed by atoms with Crippen molar-refractivity contribution >= 4 is 5.91 Å². The zero-order valence-electron chi connectivity index (χ0n) is 8.92. The second-order valence-electron chi connectivity index (χ2n) is 3.32. The normalized spacial score (nSPS) is 14.1. The van der Waals surface area contributed by atoms with Crippen LogP contribution in [0.25, 0.3) is 0 Å². The van der Waals surface area contributed by atoms with Gasteiger partial charge in [-0.3, -0.25) is 4.79 Å². The van der Waals surface area contributed by atoms with Crippen LogP contribution in [-0.2, 0) is 4.79 Å². The third-order valence-electron chi connectivity index (χ3n) is 2.32. The summed E-state index contributed by atoms with van der Waals surface area (Å²) in [6.07, 6.45) is 1.88. The Kier molecular flexibility index (Phi) is 6.77. The summed E-state index contributed by atoms with van der Waals surface area (Å²) in [7, 11) is 0. The van der Waals surface area contributed by atoms with Crippen molar-refractivity contribution in [2.24, 2.45) is 11.7 Å². The molecule has 80 valence electrons. The molecule has 0 saturated heterocycles. The summed E-state index contributed by atoms with van der Waals surface area (Å²) in [5.41, 5.74) is 5.45. The molecule has 0 aliphatic carbocycles. The molecule has 4 heteroatoms. The predicted molar refractivity (Wildman–Crippen MR) is 55.3 cm³/mol. The first-order valence-corrected chi connectivity index (χ1v) is 5.06. The average molecular weight is 197 g/mol. The third-order valence-corrected chi connectivity index (χ3v) is 2.32. The van der Waals surface area contributed by atoms with E-state index in [1.54, 1.807) is 0 Å². The molecule has 0 bridgehead atoms. The van der Waals surface area contributed by atoms with Crippen LogP contribution in [-0.4, -0.2) is 18.5 Å². The highest BCUT2D eigenvalue weighted by molar-refractivity contribution is 5.79. The highest BCUT2D eigenvalue weighted by Gasteiger charge is 2.17. The van der Waals surface area contributed by atoms with Crippen LogP contribution >= 0.6 is 0 Å². The molecule has 0 aromatic carbocycles. The molecule has 2 unspecified atom stereocenters. The molecule has 0 heterocycles. The van der Waals surface area contributed by atoms with Crippen molar-refractivity contribution in [2.45, 2.75) is 39.2 Å². The van der Waals surface area contributed by atoms with Crippen molar-refractivity contribution in [3.8, 4) is 6.07 Å². The molecule has 14 heavy (non-hydrogen) atoms. The van der Waals surface area contributed by atoms with Gasteiger partial charge in [-0.15, -0.1) is 0 Å². The van der Waals surface area contributed by atoms with Gasteiger partial charge in [0, 0.05) is 18.5 Å². The fourth-order valence-corrected chi connectivity index (χ4v) is 1.19. The summed E-state index contributed by atoms with van der Waals surface area (Å²) in [5, 5.41) is 11.3. The maximum atomic E-state index is 11.5. The predicted octanol–water partition coefficient (Wildman–Crippen LogP) is 0.780. The summed E-state index contributed by atoms with van der Waals surface area (Å²) in [5.74, 6) is -0.153. The first-order valence-electron chi connectivity index (χ1n) is 5.06. The molecule has 0 spiro atoms. The fourth-order valence-electron chi connectivity index (χ4n) is 1.19. The Morgan fingerprint density at radius 1 is 1.50 bits per heavy atom. The lowest BCUT2D eigenvalue weighted by atomic mass is 10.0. The van der Waals surface area contributed by atoms with Crippen molar-refractivity contribution in [3.63, 3.8) is 0 Å². The lowest BCUT2D eigenvalue weighted by molar-refractivity contribution is -0.125. The van der Waals surface area contributed by atoms with Gasteiger partial charge in [0.2, 0.25) is 5.91 Å². The van der Waals surface area contributed by atoms with E-state index in [0.717, 1.165) is 12.8 Å². The monoisotopic (exact) mass is 197 g/mol. The molecule has 0 aromatic heterocycles. The number of carbonyl (C=O) groups is 1. The van der Waals surface area contributed by atoms with Crippen molar-refractivity contribution in [1.29, 1.82) is 5.26 Å². The Bertz CT molecular complexity index is 206. The van der Waals surface area contributed by atoms with Gasteiger partial charge in [0.1, 0.15) is 0 Å². The van der Waals surface area contributed by atoms with Gasteiger partial charge >= 0.3 is 0 Å². The standard InChI is InChI=1S/C10H19N3O/c1-3-8(7-12)10(14)13-9(4-2)5-6-11/h8-9H,3-5,7,12H2,1-2H3,(H,13,14). The fraction of sp³-hybridized carbons (Fsp3) is 0.800. The minimum absolute atomic E-state index is 0.0305. The zero-order valence-corrected chi connectivity index (χ0v) is 8.92. The van der Waals surface area contributed by atoms with E-state index in [4.69, 9.17) is 11.0 Å². The number of rotatable bonds is 6. The molecule has 4 nitrogen and oxygen atoms in total. The van der Waals surface area contributed by atoms with Crippen LogP contribution in [0.3, 0.4) is 0 Å². The maximum absolute atomic E-state index is 11.5. The molecule has 2 atom stereocenters. The first kappa shape index (κ1) is 12.9. The van der Waals surface area contributed by atoms with E-state index in [9.17, 15) is 4.79 Å². The number of nitrogens with zero attached hydrogens (tertiary/aromatic N) is 1. The summed E-state index contributed by atoms with van der Waals surface area (Å²) in [6.45, 7) is 4.25. The molecule has 0 rings (SSSR count). The van der Waals surface area contributed by atoms with Crippen molar-refractivity contribution in [3.05, 3.63) is 0 Å². The smallest absolute Gasteiger partial charge is 0.224 e. The average Bonchev–Trinajstić information content (AvgIpc) is 2.19. The van der Waals surface area contributed by atoms with Crippen molar-refractivity contribution < 1.29 is 4.79 Å². The highest BCUT2D eigenvalue weighted by atomic mass is 16.1. The van der Waals surface area contributed by atoms with Crippen LogP contribution in [0.5, 0.6) is 0 Å². The Morgan fingerprint density at radius 2 is 2.14 bits per heavy atom. The van der Waals surface area contributed by atoms with E-state index in [1.807, 2.05) is 13.8 Å². The molecule has 1 amide bonds. The van der Waals surface area contributed by atoms with E-state index in [2.05, 4.69) is 11.4 Å². The minimum atomic E-state index is -0.122. The molecular formula is C10H19N3O. The Balaban J connectivity index is 4.07. The molecule has 0 aliphatic heterocycles. The van der Waals surface area contributed by atoms with Gasteiger partial charge in [-0.05, 0) is 12.8 Å². The SMILES string of the molecule is CCC(CC#N)NC(=O)C(CC)CN. The van der Waals surface area contributed by atoms with Gasteiger partial charge in [-0.2, -0.15) is 5.26 Å². The summed E-state index contributed by atoms with van der Waals surface area (Å²) in [6, 6.07) is 2.02. The Hall–Kier alpha value is -1.08. The van der Waals surface area contributed by atoms with Crippen LogP contribution in [0.4, 0.5) is 0 Å². The van der Waals surface area contributed by atoms with Crippen molar-refractivity contribution in [1.82, 2.24) is 5.32 Å². The maximum Gasteiger partial charge on any atom is 0.224 e. The topological polar surface area (TPSA) is 78.9 Å². The largest absolute Gasteiger partial charge is 0.352 e. The molecule has 0 saturated carbocycles.